The van der Waals surface area contributed by atoms with Gasteiger partial charge in [0.15, 0.2) is 5.84 Å². The molecule has 0 saturated heterocycles. The van der Waals surface area contributed by atoms with Crippen LogP contribution in [0.3, 0.4) is 0 Å². The van der Waals surface area contributed by atoms with E-state index in [2.05, 4.69) is 15.5 Å². The van der Waals surface area contributed by atoms with E-state index in [9.17, 15) is 4.79 Å². The molecule has 0 bridgehead atoms. The van der Waals surface area contributed by atoms with E-state index in [1.807, 2.05) is 0 Å². The van der Waals surface area contributed by atoms with Crippen LogP contribution in [0.1, 0.15) is 16.1 Å². The van der Waals surface area contributed by atoms with Gasteiger partial charge in [0.2, 0.25) is 0 Å². The van der Waals surface area contributed by atoms with Crippen molar-refractivity contribution < 1.29 is 14.7 Å². The molecule has 0 aliphatic heterocycles. The monoisotopic (exact) mass is 286 g/mol. The third-order valence-electron chi connectivity index (χ3n) is 2.75. The van der Waals surface area contributed by atoms with Gasteiger partial charge >= 0.3 is 0 Å². The molecule has 0 aliphatic rings. The van der Waals surface area contributed by atoms with Gasteiger partial charge in [0, 0.05) is 17.4 Å². The van der Waals surface area contributed by atoms with E-state index in [0.29, 0.717) is 17.0 Å². The molecule has 1 aromatic heterocycles. The van der Waals surface area contributed by atoms with Crippen molar-refractivity contribution in [2.75, 3.05) is 12.4 Å². The van der Waals surface area contributed by atoms with E-state index in [-0.39, 0.29) is 17.4 Å². The Bertz CT molecular complexity index is 651. The number of hydrogen-bond donors (Lipinski definition) is 3. The summed E-state index contributed by atoms with van der Waals surface area (Å²) < 4.78 is 5.04. The molecule has 0 unspecified atom stereocenters. The molecule has 4 N–H and O–H groups in total. The number of pyridine rings is 1. The highest BCUT2D eigenvalue weighted by atomic mass is 16.5. The zero-order valence-electron chi connectivity index (χ0n) is 11.3. The summed E-state index contributed by atoms with van der Waals surface area (Å²) in [5, 5.41) is 14.1. The molecule has 0 spiro atoms. The Kier molecular flexibility index (Phi) is 4.35. The maximum atomic E-state index is 12.0. The van der Waals surface area contributed by atoms with Gasteiger partial charge in [0.1, 0.15) is 11.4 Å². The Morgan fingerprint density at radius 2 is 2.00 bits per heavy atom. The number of ether oxygens (including phenoxy) is 1. The van der Waals surface area contributed by atoms with Crippen LogP contribution >= 0.6 is 0 Å². The van der Waals surface area contributed by atoms with Crippen LogP contribution in [-0.2, 0) is 0 Å². The lowest BCUT2D eigenvalue weighted by Crippen LogP contribution is -2.16. The number of carbonyl (C=O) groups excluding carboxylic acids is 1. The van der Waals surface area contributed by atoms with Gasteiger partial charge in [-0.05, 0) is 36.4 Å². The van der Waals surface area contributed by atoms with Crippen molar-refractivity contribution in [2.24, 2.45) is 10.9 Å². The Balaban J connectivity index is 2.09. The first-order valence-electron chi connectivity index (χ1n) is 6.03. The molecule has 0 saturated carbocycles. The van der Waals surface area contributed by atoms with E-state index >= 15 is 0 Å². The third kappa shape index (κ3) is 3.47. The van der Waals surface area contributed by atoms with Gasteiger partial charge in [-0.2, -0.15) is 0 Å². The molecule has 0 radical (unpaired) electrons. The Morgan fingerprint density at radius 1 is 1.29 bits per heavy atom. The first-order valence-corrected chi connectivity index (χ1v) is 6.03. The fraction of sp³-hybridized carbons (Fsp3) is 0.0714. The van der Waals surface area contributed by atoms with Crippen LogP contribution < -0.4 is 15.8 Å². The standard InChI is InChI=1S/C14H14N4O3/c1-21-11-5-3-10(4-6-11)17-14(19)12-7-2-9(8-16-12)13(15)18-20/h2-8,20H,1H3,(H2,15,18)(H,17,19). The second-order valence-corrected chi connectivity index (χ2v) is 4.10. The van der Waals surface area contributed by atoms with Crippen molar-refractivity contribution in [2.45, 2.75) is 0 Å². The van der Waals surface area contributed by atoms with Gasteiger partial charge in [-0.25, -0.2) is 0 Å². The second-order valence-electron chi connectivity index (χ2n) is 4.10. The Morgan fingerprint density at radius 3 is 2.52 bits per heavy atom. The summed E-state index contributed by atoms with van der Waals surface area (Å²) in [6, 6.07) is 9.97. The number of nitrogens with one attached hydrogen (secondary N) is 1. The average molecular weight is 286 g/mol. The van der Waals surface area contributed by atoms with Crippen molar-refractivity contribution in [1.29, 1.82) is 0 Å². The zero-order valence-corrected chi connectivity index (χ0v) is 11.3. The van der Waals surface area contributed by atoms with Crippen molar-refractivity contribution >= 4 is 17.4 Å². The number of benzene rings is 1. The third-order valence-corrected chi connectivity index (χ3v) is 2.75. The van der Waals surface area contributed by atoms with Crippen molar-refractivity contribution in [3.8, 4) is 5.75 Å². The van der Waals surface area contributed by atoms with Crippen LogP contribution in [0, 0.1) is 0 Å². The molecule has 1 aromatic carbocycles. The number of amidine groups is 1. The lowest BCUT2D eigenvalue weighted by molar-refractivity contribution is 0.102. The van der Waals surface area contributed by atoms with Gasteiger partial charge in [-0.15, -0.1) is 0 Å². The lowest BCUT2D eigenvalue weighted by Gasteiger charge is -2.06. The molecule has 2 rings (SSSR count). The molecule has 1 heterocycles. The van der Waals surface area contributed by atoms with Crippen LogP contribution in [0.25, 0.3) is 0 Å². The van der Waals surface area contributed by atoms with Crippen LogP contribution in [0.15, 0.2) is 47.8 Å². The van der Waals surface area contributed by atoms with E-state index in [0.717, 1.165) is 0 Å². The number of nitrogens with two attached hydrogens (primary N) is 1. The first kappa shape index (κ1) is 14.3. The van der Waals surface area contributed by atoms with Crippen molar-refractivity contribution in [1.82, 2.24) is 4.98 Å². The largest absolute Gasteiger partial charge is 0.497 e. The molecule has 2 aromatic rings. The van der Waals surface area contributed by atoms with E-state index in [1.54, 1.807) is 37.4 Å². The average Bonchev–Trinajstić information content (AvgIpc) is 2.55. The summed E-state index contributed by atoms with van der Waals surface area (Å²) in [6.45, 7) is 0. The number of amides is 1. The topological polar surface area (TPSA) is 110 Å². The van der Waals surface area contributed by atoms with Crippen molar-refractivity contribution in [3.05, 3.63) is 53.9 Å². The van der Waals surface area contributed by atoms with Crippen LogP contribution in [0.4, 0.5) is 5.69 Å². The summed E-state index contributed by atoms with van der Waals surface area (Å²) >= 11 is 0. The van der Waals surface area contributed by atoms with Crippen LogP contribution in [-0.4, -0.2) is 29.0 Å². The van der Waals surface area contributed by atoms with E-state index in [1.165, 1.54) is 12.3 Å². The van der Waals surface area contributed by atoms with E-state index in [4.69, 9.17) is 15.7 Å². The minimum absolute atomic E-state index is 0.0652. The van der Waals surface area contributed by atoms with Gasteiger partial charge in [0.05, 0.1) is 7.11 Å². The maximum absolute atomic E-state index is 12.0. The number of carbonyl (C=O) groups is 1. The van der Waals surface area contributed by atoms with Gasteiger partial charge < -0.3 is 21.0 Å². The highest BCUT2D eigenvalue weighted by Crippen LogP contribution is 2.15. The smallest absolute Gasteiger partial charge is 0.274 e. The normalized spacial score (nSPS) is 11.0. The Labute approximate surface area is 121 Å². The van der Waals surface area contributed by atoms with Gasteiger partial charge in [-0.3, -0.25) is 9.78 Å². The van der Waals surface area contributed by atoms with Crippen LogP contribution in [0.5, 0.6) is 5.75 Å². The lowest BCUT2D eigenvalue weighted by atomic mass is 10.2. The highest BCUT2D eigenvalue weighted by Gasteiger charge is 2.08. The number of oxime groups is 1. The molecule has 21 heavy (non-hydrogen) atoms. The molecule has 1 amide bonds. The molecular weight excluding hydrogens is 272 g/mol. The maximum Gasteiger partial charge on any atom is 0.274 e. The molecular formula is C14H14N4O3. The number of aromatic nitrogens is 1. The summed E-state index contributed by atoms with van der Waals surface area (Å²) in [4.78, 5) is 16.0. The molecule has 0 fully saturated rings. The number of nitrogens with zero attached hydrogens (tertiary/aromatic N) is 2. The fourth-order valence-electron chi connectivity index (χ4n) is 1.61. The summed E-state index contributed by atoms with van der Waals surface area (Å²) in [5.41, 5.74) is 6.70. The van der Waals surface area contributed by atoms with Gasteiger partial charge in [0.25, 0.3) is 5.91 Å². The first-order chi connectivity index (χ1) is 10.1. The summed E-state index contributed by atoms with van der Waals surface area (Å²) in [5.74, 6) is 0.282. The SMILES string of the molecule is COc1ccc(NC(=O)c2ccc(C(N)=NO)cn2)cc1. The second kappa shape index (κ2) is 6.38. The quantitative estimate of drug-likeness (QED) is 0.341. The number of hydrogen-bond acceptors (Lipinski definition) is 5. The zero-order chi connectivity index (χ0) is 15.2. The summed E-state index contributed by atoms with van der Waals surface area (Å²) in [7, 11) is 1.57. The van der Waals surface area contributed by atoms with Crippen LogP contribution in [0.2, 0.25) is 0 Å². The Hall–Kier alpha value is -3.09. The molecule has 0 aliphatic carbocycles. The predicted octanol–water partition coefficient (Wildman–Crippen LogP) is 1.44. The highest BCUT2D eigenvalue weighted by molar-refractivity contribution is 6.03. The predicted molar refractivity (Wildman–Crippen MR) is 77.7 cm³/mol. The minimum Gasteiger partial charge on any atom is -0.497 e. The molecule has 0 atom stereocenters. The van der Waals surface area contributed by atoms with Crippen molar-refractivity contribution in [3.63, 3.8) is 0 Å². The molecule has 7 nitrogen and oxygen atoms in total. The summed E-state index contributed by atoms with van der Waals surface area (Å²) in [6.07, 6.45) is 1.36. The van der Waals surface area contributed by atoms with E-state index < -0.39 is 0 Å². The molecule has 108 valence electrons. The van der Waals surface area contributed by atoms with Gasteiger partial charge in [-0.1, -0.05) is 5.16 Å². The number of methoxy groups -OCH3 is 1. The fourth-order valence-corrected chi connectivity index (χ4v) is 1.61. The number of rotatable bonds is 4. The minimum atomic E-state index is -0.355. The molecule has 7 heteroatoms. The number of anilines is 1.